The molecule has 7 heteroatoms. The highest BCUT2D eigenvalue weighted by Gasteiger charge is 2.64. The van der Waals surface area contributed by atoms with Gasteiger partial charge in [-0.05, 0) is 39.5 Å². The molecular formula is C21H36N3O4+. The number of hydrogen-bond donors (Lipinski definition) is 2. The summed E-state index contributed by atoms with van der Waals surface area (Å²) in [6.45, 7) is 4.37. The molecule has 5 rings (SSSR count). The van der Waals surface area contributed by atoms with Crippen LogP contribution in [0.4, 0.5) is 0 Å². The molecule has 3 fully saturated rings. The van der Waals surface area contributed by atoms with Crippen LogP contribution in [0, 0.1) is 0 Å². The Balaban J connectivity index is 1.54. The Morgan fingerprint density at radius 2 is 1.32 bits per heavy atom. The van der Waals surface area contributed by atoms with E-state index in [-0.39, 0.29) is 47.9 Å². The molecule has 0 bridgehead atoms. The fraction of sp³-hybridized carbons (Fsp3) is 0.952. The number of methoxy groups -OCH3 is 2. The second-order valence-corrected chi connectivity index (χ2v) is 9.58. The molecule has 0 aromatic carbocycles. The lowest BCUT2D eigenvalue weighted by molar-refractivity contribution is -0.609. The zero-order chi connectivity index (χ0) is 19.5. The third-order valence-electron chi connectivity index (χ3n) is 7.61. The Labute approximate surface area is 168 Å². The SMILES string of the molecule is CO[C@@H]1[C@@H](OC)[C@@H]2C[C@]3(CCC[C@@H](C)O3)NC3=[N+]2[C@H]1CC1(CCC[C@@H](C)O1)N3. The van der Waals surface area contributed by atoms with Crippen molar-refractivity contribution in [3.05, 3.63) is 0 Å². The minimum Gasteiger partial charge on any atom is -0.375 e. The predicted molar refractivity (Wildman–Crippen MR) is 104 cm³/mol. The molecule has 5 aliphatic rings. The smallest absolute Gasteiger partial charge is 0.351 e. The fourth-order valence-corrected chi connectivity index (χ4v) is 6.55. The van der Waals surface area contributed by atoms with Crippen LogP contribution < -0.4 is 10.6 Å². The largest absolute Gasteiger partial charge is 0.375 e. The van der Waals surface area contributed by atoms with Crippen molar-refractivity contribution in [2.75, 3.05) is 14.2 Å². The zero-order valence-electron chi connectivity index (χ0n) is 17.7. The van der Waals surface area contributed by atoms with E-state index in [1.54, 1.807) is 0 Å². The van der Waals surface area contributed by atoms with Gasteiger partial charge in [-0.1, -0.05) is 0 Å². The van der Waals surface area contributed by atoms with Crippen molar-refractivity contribution < 1.29 is 23.5 Å². The first-order valence-corrected chi connectivity index (χ1v) is 11.1. The molecule has 0 aliphatic carbocycles. The third kappa shape index (κ3) is 2.89. The number of nitrogens with one attached hydrogen (secondary N) is 2. The van der Waals surface area contributed by atoms with E-state index >= 15 is 0 Å². The van der Waals surface area contributed by atoms with Crippen molar-refractivity contribution in [2.24, 2.45) is 0 Å². The van der Waals surface area contributed by atoms with Gasteiger partial charge in [-0.25, -0.2) is 10.6 Å². The summed E-state index contributed by atoms with van der Waals surface area (Å²) in [5.41, 5.74) is -0.659. The second-order valence-electron chi connectivity index (χ2n) is 9.58. The maximum Gasteiger partial charge on any atom is 0.351 e. The first-order valence-electron chi connectivity index (χ1n) is 11.1. The van der Waals surface area contributed by atoms with Crippen LogP contribution in [-0.2, 0) is 18.9 Å². The molecule has 3 saturated heterocycles. The highest BCUT2D eigenvalue weighted by molar-refractivity contribution is 5.77. The molecule has 5 heterocycles. The number of hydrogen-bond acceptors (Lipinski definition) is 6. The van der Waals surface area contributed by atoms with Gasteiger partial charge in [0.1, 0.15) is 24.3 Å². The highest BCUT2D eigenvalue weighted by atomic mass is 16.5. The van der Waals surface area contributed by atoms with Gasteiger partial charge in [0.2, 0.25) is 0 Å². The Kier molecular flexibility index (Phi) is 4.66. The van der Waals surface area contributed by atoms with E-state index in [4.69, 9.17) is 18.9 Å². The quantitative estimate of drug-likeness (QED) is 0.695. The standard InChI is InChI=1S/C21H35N3O4/c1-13-7-5-9-20(27-13)11-15-17(25-3)18(26-4)16-12-21(10-6-8-14(2)28-21)23-19(22-20)24(15)16/h13-18H,5-12H2,1-4H3,(H,22,23)/p+1/t13-,14-,15+,16+,17+,18+,20-,21?/m1/s1. The molecule has 0 aromatic rings. The molecular weight excluding hydrogens is 358 g/mol. The van der Waals surface area contributed by atoms with Gasteiger partial charge < -0.3 is 18.9 Å². The summed E-state index contributed by atoms with van der Waals surface area (Å²) < 4.78 is 27.6. The van der Waals surface area contributed by atoms with Crippen LogP contribution >= 0.6 is 0 Å². The van der Waals surface area contributed by atoms with Crippen LogP contribution in [0.3, 0.4) is 0 Å². The molecule has 2 N–H and O–H groups in total. The molecule has 158 valence electrons. The molecule has 0 radical (unpaired) electrons. The maximum atomic E-state index is 6.54. The molecule has 0 aromatic heterocycles. The van der Waals surface area contributed by atoms with Crippen molar-refractivity contribution >= 4 is 5.96 Å². The van der Waals surface area contributed by atoms with E-state index in [1.807, 2.05) is 14.2 Å². The summed E-state index contributed by atoms with van der Waals surface area (Å²) in [4.78, 5) is 0. The maximum absolute atomic E-state index is 6.54. The summed E-state index contributed by atoms with van der Waals surface area (Å²) in [5.74, 6) is 1.05. The van der Waals surface area contributed by atoms with Gasteiger partial charge in [0.15, 0.2) is 11.4 Å². The summed E-state index contributed by atoms with van der Waals surface area (Å²) in [7, 11) is 3.63. The number of nitrogens with zero attached hydrogens (tertiary/aromatic N) is 1. The van der Waals surface area contributed by atoms with Gasteiger partial charge in [-0.2, -0.15) is 0 Å². The lowest BCUT2D eigenvalue weighted by Gasteiger charge is -2.48. The van der Waals surface area contributed by atoms with E-state index < -0.39 is 0 Å². The average Bonchev–Trinajstić information content (AvgIpc) is 2.93. The van der Waals surface area contributed by atoms with Crippen LogP contribution in [0.15, 0.2) is 0 Å². The Bertz CT molecular complexity index is 606. The van der Waals surface area contributed by atoms with Gasteiger partial charge >= 0.3 is 5.96 Å². The van der Waals surface area contributed by atoms with Crippen LogP contribution in [0.1, 0.15) is 65.2 Å². The molecule has 8 atom stereocenters. The second kappa shape index (κ2) is 6.83. The Hall–Kier alpha value is -0.890. The Morgan fingerprint density at radius 1 is 0.857 bits per heavy atom. The van der Waals surface area contributed by atoms with Crippen LogP contribution in [0.2, 0.25) is 0 Å². The van der Waals surface area contributed by atoms with Crippen molar-refractivity contribution in [1.29, 1.82) is 0 Å². The molecule has 0 amide bonds. The Morgan fingerprint density at radius 3 is 1.71 bits per heavy atom. The average molecular weight is 395 g/mol. The molecule has 5 aliphatic heterocycles. The van der Waals surface area contributed by atoms with Gasteiger partial charge in [-0.3, -0.25) is 4.58 Å². The van der Waals surface area contributed by atoms with Gasteiger partial charge in [0.05, 0.1) is 12.2 Å². The highest BCUT2D eigenvalue weighted by Crippen LogP contribution is 2.44. The van der Waals surface area contributed by atoms with Crippen LogP contribution in [0.25, 0.3) is 0 Å². The van der Waals surface area contributed by atoms with Crippen molar-refractivity contribution in [2.45, 2.75) is 113 Å². The summed E-state index contributed by atoms with van der Waals surface area (Å²) in [6.07, 6.45) is 9.11. The van der Waals surface area contributed by atoms with E-state index in [0.29, 0.717) is 0 Å². The zero-order valence-corrected chi connectivity index (χ0v) is 17.7. The molecule has 7 nitrogen and oxygen atoms in total. The predicted octanol–water partition coefficient (Wildman–Crippen LogP) is 1.69. The third-order valence-corrected chi connectivity index (χ3v) is 7.61. The van der Waals surface area contributed by atoms with E-state index in [9.17, 15) is 0 Å². The molecule has 28 heavy (non-hydrogen) atoms. The van der Waals surface area contributed by atoms with Crippen LogP contribution in [-0.4, -0.2) is 72.7 Å². The molecule has 0 saturated carbocycles. The van der Waals surface area contributed by atoms with Crippen molar-refractivity contribution in [1.82, 2.24) is 10.6 Å². The number of guanidine groups is 1. The van der Waals surface area contributed by atoms with Crippen LogP contribution in [0.5, 0.6) is 0 Å². The lowest BCUT2D eigenvalue weighted by atomic mass is 9.89. The van der Waals surface area contributed by atoms with E-state index in [0.717, 1.165) is 44.5 Å². The topological polar surface area (TPSA) is 64.0 Å². The van der Waals surface area contributed by atoms with E-state index in [1.165, 1.54) is 12.8 Å². The monoisotopic (exact) mass is 394 g/mol. The minimum atomic E-state index is -0.329. The lowest BCUT2D eigenvalue weighted by Crippen LogP contribution is -2.73. The minimum absolute atomic E-state index is 0.0303. The van der Waals surface area contributed by atoms with Gasteiger partial charge in [-0.15, -0.1) is 0 Å². The van der Waals surface area contributed by atoms with Crippen molar-refractivity contribution in [3.8, 4) is 0 Å². The van der Waals surface area contributed by atoms with Gasteiger partial charge in [0, 0.05) is 39.9 Å². The molecule has 2 spiro atoms. The normalized spacial score (nSPS) is 50.4. The van der Waals surface area contributed by atoms with Gasteiger partial charge in [0.25, 0.3) is 0 Å². The van der Waals surface area contributed by atoms with Crippen molar-refractivity contribution in [3.63, 3.8) is 0 Å². The first-order chi connectivity index (χ1) is 13.5. The first kappa shape index (κ1) is 19.1. The number of ether oxygens (including phenoxy) is 4. The number of rotatable bonds is 2. The summed E-state index contributed by atoms with van der Waals surface area (Å²) >= 11 is 0. The molecule has 1 unspecified atom stereocenters. The summed E-state index contributed by atoms with van der Waals surface area (Å²) in [5, 5.41) is 7.59. The fourth-order valence-electron chi connectivity index (χ4n) is 6.55. The van der Waals surface area contributed by atoms with E-state index in [2.05, 4.69) is 29.1 Å². The summed E-state index contributed by atoms with van der Waals surface area (Å²) in [6, 6.07) is 0.486.